The summed E-state index contributed by atoms with van der Waals surface area (Å²) in [4.78, 5) is 7.27. The molecule has 3 nitrogen and oxygen atoms in total. The van der Waals surface area contributed by atoms with Gasteiger partial charge in [0.2, 0.25) is 5.89 Å². The molecule has 0 radical (unpaired) electrons. The minimum absolute atomic E-state index is 0.620. The summed E-state index contributed by atoms with van der Waals surface area (Å²) in [5.74, 6) is 0.620. The number of piperidine rings is 1. The van der Waals surface area contributed by atoms with Gasteiger partial charge >= 0.3 is 0 Å². The third-order valence-electron chi connectivity index (χ3n) is 5.26. The smallest absolute Gasteiger partial charge is 0.227 e. The quantitative estimate of drug-likeness (QED) is 0.585. The van der Waals surface area contributed by atoms with Crippen molar-refractivity contribution in [3.05, 3.63) is 53.1 Å². The first-order valence-electron chi connectivity index (χ1n) is 9.01. The van der Waals surface area contributed by atoms with E-state index in [-0.39, 0.29) is 0 Å². The molecule has 0 bridgehead atoms. The number of hydrogen-bond donors (Lipinski definition) is 0. The molecule has 2 heterocycles. The topological polar surface area (TPSA) is 29.3 Å². The highest BCUT2D eigenvalue weighted by molar-refractivity contribution is 6.30. The molecule has 3 aromatic rings. The second-order valence-corrected chi connectivity index (χ2v) is 7.57. The number of rotatable bonds is 3. The zero-order chi connectivity index (χ0) is 17.4. The minimum atomic E-state index is 0.620. The minimum Gasteiger partial charge on any atom is -0.436 e. The third kappa shape index (κ3) is 3.44. The molecule has 1 fully saturated rings. The van der Waals surface area contributed by atoms with Crippen molar-refractivity contribution in [2.24, 2.45) is 0 Å². The van der Waals surface area contributed by atoms with Gasteiger partial charge in [-0.15, -0.1) is 0 Å². The number of aromatic nitrogens is 1. The summed E-state index contributed by atoms with van der Waals surface area (Å²) >= 11 is 6.08. The van der Waals surface area contributed by atoms with Crippen molar-refractivity contribution in [1.29, 1.82) is 0 Å². The lowest BCUT2D eigenvalue weighted by atomic mass is 9.97. The van der Waals surface area contributed by atoms with Gasteiger partial charge in [0.1, 0.15) is 5.52 Å². The Kier molecular flexibility index (Phi) is 4.53. The lowest BCUT2D eigenvalue weighted by Crippen LogP contribution is -2.42. The van der Waals surface area contributed by atoms with Crippen molar-refractivity contribution in [3.63, 3.8) is 0 Å². The van der Waals surface area contributed by atoms with Crippen LogP contribution in [0.1, 0.15) is 38.7 Å². The number of halogens is 1. The maximum absolute atomic E-state index is 6.08. The standard InChI is InChI=1S/C21H23ClN2O/c1-14-5-3-6-15(2)24(14)13-16-9-10-20-19(11-16)23-21(25-20)17-7-4-8-18(22)12-17/h4,7-12,14-15H,3,5-6,13H2,1-2H3/t14-,15-/m1/s1. The predicted octanol–water partition coefficient (Wildman–Crippen LogP) is 5.91. The fraction of sp³-hybridized carbons (Fsp3) is 0.381. The van der Waals surface area contributed by atoms with Crippen LogP contribution in [0, 0.1) is 0 Å². The van der Waals surface area contributed by atoms with Crippen LogP contribution in [0.25, 0.3) is 22.6 Å². The Balaban J connectivity index is 1.62. The number of hydrogen-bond acceptors (Lipinski definition) is 3. The van der Waals surface area contributed by atoms with Gasteiger partial charge in [0.25, 0.3) is 0 Å². The molecule has 2 atom stereocenters. The summed E-state index contributed by atoms with van der Waals surface area (Å²) < 4.78 is 5.91. The molecule has 1 aliphatic rings. The summed E-state index contributed by atoms with van der Waals surface area (Å²) in [6, 6.07) is 15.2. The lowest BCUT2D eigenvalue weighted by Gasteiger charge is -2.39. The molecule has 1 aromatic heterocycles. The summed E-state index contributed by atoms with van der Waals surface area (Å²) in [6.45, 7) is 5.64. The van der Waals surface area contributed by atoms with Gasteiger partial charge in [-0.25, -0.2) is 4.98 Å². The van der Waals surface area contributed by atoms with Gasteiger partial charge in [-0.1, -0.05) is 30.2 Å². The Hall–Kier alpha value is -1.84. The van der Waals surface area contributed by atoms with E-state index in [9.17, 15) is 0 Å². The van der Waals surface area contributed by atoms with E-state index in [0.717, 1.165) is 23.2 Å². The van der Waals surface area contributed by atoms with Crippen LogP contribution in [-0.2, 0) is 6.54 Å². The summed E-state index contributed by atoms with van der Waals surface area (Å²) in [5.41, 5.74) is 3.92. The number of likely N-dealkylation sites (tertiary alicyclic amines) is 1. The van der Waals surface area contributed by atoms with Gasteiger partial charge in [0.15, 0.2) is 5.58 Å². The molecular formula is C21H23ClN2O. The van der Waals surface area contributed by atoms with Gasteiger partial charge in [-0.3, -0.25) is 4.90 Å². The van der Waals surface area contributed by atoms with E-state index < -0.39 is 0 Å². The molecule has 130 valence electrons. The SMILES string of the molecule is C[C@@H]1CCC[C@@H](C)N1Cc1ccc2oc(-c3cccc(Cl)c3)nc2c1. The van der Waals surface area contributed by atoms with E-state index in [4.69, 9.17) is 16.0 Å². The molecule has 0 amide bonds. The zero-order valence-electron chi connectivity index (χ0n) is 14.7. The van der Waals surface area contributed by atoms with Crippen LogP contribution in [0.4, 0.5) is 0 Å². The zero-order valence-corrected chi connectivity index (χ0v) is 15.5. The van der Waals surface area contributed by atoms with Gasteiger partial charge in [0.05, 0.1) is 0 Å². The molecule has 1 saturated heterocycles. The van der Waals surface area contributed by atoms with Crippen molar-refractivity contribution in [2.75, 3.05) is 0 Å². The van der Waals surface area contributed by atoms with Crippen molar-refractivity contribution < 1.29 is 4.42 Å². The molecule has 0 unspecified atom stereocenters. The van der Waals surface area contributed by atoms with Crippen molar-refractivity contribution in [1.82, 2.24) is 9.88 Å². The van der Waals surface area contributed by atoms with Crippen LogP contribution in [-0.4, -0.2) is 22.0 Å². The Bertz CT molecular complexity index is 878. The molecule has 0 aliphatic carbocycles. The highest BCUT2D eigenvalue weighted by Gasteiger charge is 2.24. The van der Waals surface area contributed by atoms with Crippen molar-refractivity contribution in [2.45, 2.75) is 51.7 Å². The number of oxazole rings is 1. The molecule has 2 aromatic carbocycles. The Morgan fingerprint density at radius 3 is 2.68 bits per heavy atom. The first kappa shape index (κ1) is 16.6. The van der Waals surface area contributed by atoms with Crippen LogP contribution >= 0.6 is 11.6 Å². The maximum atomic E-state index is 6.08. The van der Waals surface area contributed by atoms with Gasteiger partial charge in [-0.2, -0.15) is 0 Å². The van der Waals surface area contributed by atoms with Crippen molar-refractivity contribution in [3.8, 4) is 11.5 Å². The van der Waals surface area contributed by atoms with E-state index in [1.165, 1.54) is 24.8 Å². The van der Waals surface area contributed by atoms with Gasteiger partial charge < -0.3 is 4.42 Å². The molecule has 25 heavy (non-hydrogen) atoms. The number of nitrogens with zero attached hydrogens (tertiary/aromatic N) is 2. The van der Waals surface area contributed by atoms with Crippen LogP contribution in [0.2, 0.25) is 5.02 Å². The highest BCUT2D eigenvalue weighted by atomic mass is 35.5. The first-order valence-corrected chi connectivity index (χ1v) is 9.39. The van der Waals surface area contributed by atoms with E-state index in [1.807, 2.05) is 30.3 Å². The van der Waals surface area contributed by atoms with E-state index in [2.05, 4.69) is 35.9 Å². The summed E-state index contributed by atoms with van der Waals surface area (Å²) in [6.07, 6.45) is 3.91. The monoisotopic (exact) mass is 354 g/mol. The van der Waals surface area contributed by atoms with E-state index >= 15 is 0 Å². The van der Waals surface area contributed by atoms with Crippen molar-refractivity contribution >= 4 is 22.7 Å². The Labute approximate surface area is 153 Å². The summed E-state index contributed by atoms with van der Waals surface area (Å²) in [5, 5.41) is 0.688. The average molecular weight is 355 g/mol. The van der Waals surface area contributed by atoms with Crippen LogP contribution in [0.3, 0.4) is 0 Å². The van der Waals surface area contributed by atoms with E-state index in [1.54, 1.807) is 0 Å². The largest absolute Gasteiger partial charge is 0.436 e. The van der Waals surface area contributed by atoms with Crippen LogP contribution < -0.4 is 0 Å². The number of benzene rings is 2. The van der Waals surface area contributed by atoms with Gasteiger partial charge in [0, 0.05) is 29.2 Å². The molecule has 4 rings (SSSR count). The molecule has 1 aliphatic heterocycles. The lowest BCUT2D eigenvalue weighted by molar-refractivity contribution is 0.0953. The number of fused-ring (bicyclic) bond motifs is 1. The second-order valence-electron chi connectivity index (χ2n) is 7.13. The van der Waals surface area contributed by atoms with Crippen LogP contribution in [0.5, 0.6) is 0 Å². The molecular weight excluding hydrogens is 332 g/mol. The van der Waals surface area contributed by atoms with Crippen LogP contribution in [0.15, 0.2) is 46.9 Å². The average Bonchev–Trinajstić information content (AvgIpc) is 3.02. The summed E-state index contributed by atoms with van der Waals surface area (Å²) in [7, 11) is 0. The third-order valence-corrected chi connectivity index (χ3v) is 5.50. The predicted molar refractivity (Wildman–Crippen MR) is 103 cm³/mol. The van der Waals surface area contributed by atoms with Gasteiger partial charge in [-0.05, 0) is 62.6 Å². The fourth-order valence-electron chi connectivity index (χ4n) is 3.81. The maximum Gasteiger partial charge on any atom is 0.227 e. The first-order chi connectivity index (χ1) is 12.1. The Morgan fingerprint density at radius 2 is 1.92 bits per heavy atom. The highest BCUT2D eigenvalue weighted by Crippen LogP contribution is 2.28. The van der Waals surface area contributed by atoms with E-state index in [0.29, 0.717) is 23.0 Å². The fourth-order valence-corrected chi connectivity index (χ4v) is 4.00. The molecule has 0 N–H and O–H groups in total. The molecule has 0 spiro atoms. The second kappa shape index (κ2) is 6.81. The Morgan fingerprint density at radius 1 is 1.12 bits per heavy atom. The molecule has 4 heteroatoms. The normalized spacial score (nSPS) is 21.7. The molecule has 0 saturated carbocycles.